The maximum atomic E-state index is 10.7. The van der Waals surface area contributed by atoms with E-state index in [2.05, 4.69) is 0 Å². The molecule has 0 fully saturated rings. The summed E-state index contributed by atoms with van der Waals surface area (Å²) in [5.74, 6) is 0. The van der Waals surface area contributed by atoms with Crippen LogP contribution in [0.25, 0.3) is 0 Å². The molecule has 0 atom stereocenters. The summed E-state index contributed by atoms with van der Waals surface area (Å²) in [6.45, 7) is 0. The van der Waals surface area contributed by atoms with Gasteiger partial charge in [0.15, 0.2) is 0 Å². The molecule has 24 heavy (non-hydrogen) atoms. The Morgan fingerprint density at radius 3 is 1.50 bits per heavy atom. The normalized spacial score (nSPS) is 10.4. The molecule has 0 aliphatic heterocycles. The van der Waals surface area contributed by atoms with E-state index in [-0.39, 0.29) is 11.4 Å². The molecule has 0 spiro atoms. The number of non-ortho nitro benzene ring substituents is 2. The lowest BCUT2D eigenvalue weighted by atomic mass is 10.3. The van der Waals surface area contributed by atoms with Crippen molar-refractivity contribution in [3.63, 3.8) is 0 Å². The van der Waals surface area contributed by atoms with E-state index < -0.39 is 41.5 Å². The van der Waals surface area contributed by atoms with Crippen molar-refractivity contribution in [1.29, 1.82) is 0 Å². The Morgan fingerprint density at radius 1 is 0.875 bits per heavy atom. The second-order valence-electron chi connectivity index (χ2n) is 4.00. The molecule has 0 amide bonds. The van der Waals surface area contributed by atoms with Crippen molar-refractivity contribution in [2.45, 2.75) is 0 Å². The third-order valence-electron chi connectivity index (χ3n) is 2.26. The van der Waals surface area contributed by atoms with Crippen molar-refractivity contribution in [3.05, 3.63) is 75.9 Å². The fourth-order valence-corrected chi connectivity index (χ4v) is 3.87. The average Bonchev–Trinajstić information content (AvgIpc) is 2.46. The molecule has 2 aromatic rings. The highest BCUT2D eigenvalue weighted by Gasteiger charge is 2.21. The summed E-state index contributed by atoms with van der Waals surface area (Å²) in [6.07, 6.45) is 0. The molecular formula is C12H9IN2O8S. The highest BCUT2D eigenvalue weighted by Crippen LogP contribution is 2.09. The van der Waals surface area contributed by atoms with Crippen molar-refractivity contribution >= 4 is 21.8 Å². The summed E-state index contributed by atoms with van der Waals surface area (Å²) >= 11 is -0.665. The standard InChI is InChI=1S/C12H8IN2O4.H2O4S/c16-14(17)11-5-1-3-9(7-11)13-10-4-2-6-12(8-10)15(18)19;1-5(2,3)4/h1-8H;(H2,1,2,3,4)/q+1;/p-1. The average molecular weight is 468 g/mol. The number of rotatable bonds is 4. The van der Waals surface area contributed by atoms with Gasteiger partial charge in [-0.15, -0.1) is 0 Å². The van der Waals surface area contributed by atoms with Gasteiger partial charge in [-0.2, -0.15) is 0 Å². The number of nitro groups is 2. The van der Waals surface area contributed by atoms with E-state index in [9.17, 15) is 20.2 Å². The second kappa shape index (κ2) is 8.62. The molecule has 0 aromatic heterocycles. The zero-order valence-corrected chi connectivity index (χ0v) is 14.6. The molecule has 1 N–H and O–H groups in total. The van der Waals surface area contributed by atoms with Crippen LogP contribution < -0.4 is 21.2 Å². The smallest absolute Gasteiger partial charge is 0.358 e. The number of hydrogen-bond donors (Lipinski definition) is 1. The molecular weight excluding hydrogens is 459 g/mol. The highest BCUT2D eigenvalue weighted by atomic mass is 127. The van der Waals surface area contributed by atoms with Crippen LogP contribution in [0.4, 0.5) is 11.4 Å². The fraction of sp³-hybridized carbons (Fsp3) is 0. The summed E-state index contributed by atoms with van der Waals surface area (Å²) in [5.41, 5.74) is 0.0882. The second-order valence-corrected chi connectivity index (χ2v) is 7.88. The van der Waals surface area contributed by atoms with Crippen LogP contribution in [0.2, 0.25) is 0 Å². The lowest BCUT2D eigenvalue weighted by molar-refractivity contribution is -0.598. The molecule has 0 radical (unpaired) electrons. The van der Waals surface area contributed by atoms with E-state index in [1.54, 1.807) is 24.3 Å². The number of nitro benzene ring substituents is 2. The quantitative estimate of drug-likeness (QED) is 0.189. The molecule has 0 bridgehead atoms. The van der Waals surface area contributed by atoms with Gasteiger partial charge in [0.2, 0.25) is 17.5 Å². The van der Waals surface area contributed by atoms with Crippen LogP contribution in [-0.2, 0) is 10.4 Å². The molecule has 0 saturated carbocycles. The van der Waals surface area contributed by atoms with Crippen molar-refractivity contribution in [3.8, 4) is 0 Å². The van der Waals surface area contributed by atoms with Gasteiger partial charge in [0.25, 0.3) is 11.4 Å². The zero-order chi connectivity index (χ0) is 18.3. The third-order valence-corrected chi connectivity index (χ3v) is 4.84. The first-order valence-electron chi connectivity index (χ1n) is 5.88. The van der Waals surface area contributed by atoms with Gasteiger partial charge >= 0.3 is 21.2 Å². The maximum absolute atomic E-state index is 10.7. The minimum absolute atomic E-state index is 0.0441. The molecule has 0 aliphatic rings. The van der Waals surface area contributed by atoms with Crippen LogP contribution in [0.3, 0.4) is 0 Å². The maximum Gasteiger partial charge on any atom is 0.358 e. The zero-order valence-electron chi connectivity index (χ0n) is 11.6. The third kappa shape index (κ3) is 7.91. The fourth-order valence-electron chi connectivity index (χ4n) is 1.42. The summed E-state index contributed by atoms with van der Waals surface area (Å²) in [7, 11) is -4.92. The van der Waals surface area contributed by atoms with Crippen LogP contribution in [0.15, 0.2) is 48.5 Å². The van der Waals surface area contributed by atoms with Crippen LogP contribution in [0, 0.1) is 27.4 Å². The van der Waals surface area contributed by atoms with Gasteiger partial charge in [-0.25, -0.2) is 8.42 Å². The van der Waals surface area contributed by atoms with E-state index in [1.165, 1.54) is 24.3 Å². The van der Waals surface area contributed by atoms with E-state index in [0.717, 1.165) is 7.14 Å². The van der Waals surface area contributed by atoms with Gasteiger partial charge in [0.05, 0.1) is 22.0 Å². The Kier molecular flexibility index (Phi) is 7.15. The minimum atomic E-state index is -4.92. The summed E-state index contributed by atoms with van der Waals surface area (Å²) in [5, 5.41) is 21.4. The summed E-state index contributed by atoms with van der Waals surface area (Å²) < 4.78 is 34.5. The number of benzene rings is 2. The Balaban J connectivity index is 0.000000505. The van der Waals surface area contributed by atoms with E-state index in [0.29, 0.717) is 0 Å². The van der Waals surface area contributed by atoms with Gasteiger partial charge in [-0.3, -0.25) is 24.8 Å². The largest absolute Gasteiger partial charge is 0.726 e. The first-order valence-corrected chi connectivity index (χ1v) is 9.40. The molecule has 128 valence electrons. The molecule has 0 heterocycles. The lowest BCUT2D eigenvalue weighted by Crippen LogP contribution is -3.61. The van der Waals surface area contributed by atoms with E-state index >= 15 is 0 Å². The Bertz CT molecular complexity index is 792. The molecule has 0 aliphatic carbocycles. The molecule has 0 saturated heterocycles. The van der Waals surface area contributed by atoms with Crippen molar-refractivity contribution in [2.24, 2.45) is 0 Å². The van der Waals surface area contributed by atoms with E-state index in [4.69, 9.17) is 17.5 Å². The molecule has 2 aromatic carbocycles. The van der Waals surface area contributed by atoms with Crippen molar-refractivity contribution in [1.82, 2.24) is 0 Å². The molecule has 2 rings (SSSR count). The number of halogens is 1. The molecule has 12 heteroatoms. The highest BCUT2D eigenvalue weighted by molar-refractivity contribution is 7.79. The monoisotopic (exact) mass is 468 g/mol. The summed E-state index contributed by atoms with van der Waals surface area (Å²) in [6, 6.07) is 12.8. The SMILES string of the molecule is O=S(=O)([O-])O.O=[N+]([O-])c1cccc([I+]c2cccc([N+](=O)[O-])c2)c1. The Morgan fingerprint density at radius 2 is 1.21 bits per heavy atom. The number of nitrogens with zero attached hydrogens (tertiary/aromatic N) is 2. The van der Waals surface area contributed by atoms with Crippen LogP contribution >= 0.6 is 0 Å². The predicted octanol–water partition coefficient (Wildman–Crippen LogP) is -1.36. The predicted molar refractivity (Wildman–Crippen MR) is 75.9 cm³/mol. The van der Waals surface area contributed by atoms with Gasteiger partial charge in [0, 0.05) is 12.1 Å². The van der Waals surface area contributed by atoms with Gasteiger partial charge in [0.1, 0.15) is 0 Å². The first-order chi connectivity index (χ1) is 11.1. The molecule has 10 nitrogen and oxygen atoms in total. The first kappa shape index (κ1) is 19.9. The topological polar surface area (TPSA) is 164 Å². The Labute approximate surface area is 146 Å². The van der Waals surface area contributed by atoms with Gasteiger partial charge < -0.3 is 4.55 Å². The van der Waals surface area contributed by atoms with Crippen LogP contribution in [0.1, 0.15) is 0 Å². The summed E-state index contributed by atoms with van der Waals surface area (Å²) in [4.78, 5) is 20.5. The Hall–Kier alpha value is -2.16. The van der Waals surface area contributed by atoms with E-state index in [1.807, 2.05) is 0 Å². The van der Waals surface area contributed by atoms with Gasteiger partial charge in [-0.1, -0.05) is 12.1 Å². The van der Waals surface area contributed by atoms with Crippen molar-refractivity contribution < 1.29 is 48.6 Å². The number of hydrogen-bond acceptors (Lipinski definition) is 7. The van der Waals surface area contributed by atoms with Crippen molar-refractivity contribution in [2.75, 3.05) is 0 Å². The van der Waals surface area contributed by atoms with Crippen LogP contribution in [-0.4, -0.2) is 27.4 Å². The minimum Gasteiger partial charge on any atom is -0.726 e. The lowest BCUT2D eigenvalue weighted by Gasteiger charge is -1.91. The van der Waals surface area contributed by atoms with Gasteiger partial charge in [-0.05, 0) is 12.1 Å². The molecule has 0 unspecified atom stereocenters. The van der Waals surface area contributed by atoms with Crippen LogP contribution in [0.5, 0.6) is 0 Å².